The molecule has 1 aromatic rings. The van der Waals surface area contributed by atoms with Crippen LogP contribution in [0.25, 0.3) is 0 Å². The molecule has 0 saturated heterocycles. The Balaban J connectivity index is 2.47. The lowest BCUT2D eigenvalue weighted by molar-refractivity contribution is -0.140. The van der Waals surface area contributed by atoms with Gasteiger partial charge in [-0.1, -0.05) is 0 Å². The molecule has 7 heteroatoms. The minimum absolute atomic E-state index is 0.319. The molecule has 0 atom stereocenters. The summed E-state index contributed by atoms with van der Waals surface area (Å²) < 4.78 is 37.1. The van der Waals surface area contributed by atoms with Crippen molar-refractivity contribution in [2.45, 2.75) is 46.0 Å². The van der Waals surface area contributed by atoms with E-state index in [0.717, 1.165) is 23.3 Å². The summed E-state index contributed by atoms with van der Waals surface area (Å²) in [5.74, 6) is 0. The van der Waals surface area contributed by atoms with Gasteiger partial charge in [-0.25, -0.2) is 4.98 Å². The van der Waals surface area contributed by atoms with E-state index in [1.165, 1.54) is 0 Å². The molecule has 0 bridgehead atoms. The summed E-state index contributed by atoms with van der Waals surface area (Å²) >= 11 is 0.984. The summed E-state index contributed by atoms with van der Waals surface area (Å²) in [6, 6.07) is 0.813. The van der Waals surface area contributed by atoms with Gasteiger partial charge in [-0.3, -0.25) is 4.90 Å². The maximum Gasteiger partial charge on any atom is 0.434 e. The molecule has 1 rings (SSSR count). The molecule has 1 N–H and O–H groups in total. The lowest BCUT2D eigenvalue weighted by Gasteiger charge is -2.30. The second kappa shape index (κ2) is 6.56. The molecule has 0 spiro atoms. The molecule has 19 heavy (non-hydrogen) atoms. The number of hydrogen-bond acceptors (Lipinski definition) is 4. The first-order valence-corrected chi connectivity index (χ1v) is 7.12. The molecular weight excluding hydrogens is 275 g/mol. The quantitative estimate of drug-likeness (QED) is 0.867. The highest BCUT2D eigenvalue weighted by Gasteiger charge is 2.33. The third kappa shape index (κ3) is 4.99. The topological polar surface area (TPSA) is 28.2 Å². The maximum atomic E-state index is 12.4. The van der Waals surface area contributed by atoms with Gasteiger partial charge in [0.25, 0.3) is 0 Å². The second-order valence-corrected chi connectivity index (χ2v) is 5.75. The Hall–Kier alpha value is -0.820. The Kier molecular flexibility index (Phi) is 5.61. The number of thiazole rings is 1. The standard InChI is InChI=1S/C12H20F3N3S/c1-8(2)18(9(3)4)6-5-16-11-17-10(7-19-11)12(13,14)15/h7-9H,5-6H2,1-4H3,(H,16,17). The number of nitrogens with zero attached hydrogens (tertiary/aromatic N) is 2. The molecular formula is C12H20F3N3S. The van der Waals surface area contributed by atoms with Crippen LogP contribution in [0.15, 0.2) is 5.38 Å². The summed E-state index contributed by atoms with van der Waals surface area (Å²) in [4.78, 5) is 5.80. The summed E-state index contributed by atoms with van der Waals surface area (Å²) in [6.45, 7) is 9.77. The number of halogens is 3. The first-order valence-electron chi connectivity index (χ1n) is 6.24. The van der Waals surface area contributed by atoms with Crippen LogP contribution < -0.4 is 5.32 Å². The number of aromatic nitrogens is 1. The first-order chi connectivity index (χ1) is 8.71. The number of hydrogen-bond donors (Lipinski definition) is 1. The fourth-order valence-electron chi connectivity index (χ4n) is 1.89. The summed E-state index contributed by atoms with van der Waals surface area (Å²) in [5.41, 5.74) is -0.829. The lowest BCUT2D eigenvalue weighted by atomic mass is 10.2. The van der Waals surface area contributed by atoms with Gasteiger partial charge in [-0.05, 0) is 27.7 Å². The van der Waals surface area contributed by atoms with E-state index in [1.807, 2.05) is 0 Å². The third-order valence-electron chi connectivity index (χ3n) is 2.77. The molecule has 1 heterocycles. The number of rotatable bonds is 6. The van der Waals surface area contributed by atoms with Gasteiger partial charge in [0, 0.05) is 30.6 Å². The van der Waals surface area contributed by atoms with E-state index in [2.05, 4.69) is 42.9 Å². The van der Waals surface area contributed by atoms with Gasteiger partial charge in [0.05, 0.1) is 0 Å². The second-order valence-electron chi connectivity index (χ2n) is 4.89. The van der Waals surface area contributed by atoms with Crippen LogP contribution in [0.2, 0.25) is 0 Å². The van der Waals surface area contributed by atoms with E-state index in [1.54, 1.807) is 0 Å². The third-order valence-corrected chi connectivity index (χ3v) is 3.57. The Morgan fingerprint density at radius 1 is 1.26 bits per heavy atom. The maximum absolute atomic E-state index is 12.4. The van der Waals surface area contributed by atoms with Gasteiger partial charge in [-0.15, -0.1) is 11.3 Å². The lowest BCUT2D eigenvalue weighted by Crippen LogP contribution is -2.40. The van der Waals surface area contributed by atoms with Gasteiger partial charge in [-0.2, -0.15) is 13.2 Å². The normalized spacial score (nSPS) is 12.7. The first kappa shape index (κ1) is 16.2. The Labute approximate surface area is 115 Å². The Bertz CT molecular complexity index is 380. The zero-order valence-electron chi connectivity index (χ0n) is 11.6. The molecule has 0 aliphatic heterocycles. The minimum Gasteiger partial charge on any atom is -0.360 e. The van der Waals surface area contributed by atoms with Crippen LogP contribution in [0.1, 0.15) is 33.4 Å². The van der Waals surface area contributed by atoms with Gasteiger partial charge < -0.3 is 5.32 Å². The van der Waals surface area contributed by atoms with Crippen molar-refractivity contribution in [1.29, 1.82) is 0 Å². The largest absolute Gasteiger partial charge is 0.434 e. The summed E-state index contributed by atoms with van der Waals surface area (Å²) in [7, 11) is 0. The average Bonchev–Trinajstić information content (AvgIpc) is 2.71. The molecule has 0 saturated carbocycles. The smallest absolute Gasteiger partial charge is 0.360 e. The van der Waals surface area contributed by atoms with Gasteiger partial charge in [0.15, 0.2) is 10.8 Å². The van der Waals surface area contributed by atoms with Gasteiger partial charge in [0.2, 0.25) is 0 Å². The molecule has 1 aromatic heterocycles. The fraction of sp³-hybridized carbons (Fsp3) is 0.750. The van der Waals surface area contributed by atoms with Crippen LogP contribution in [0.3, 0.4) is 0 Å². The fourth-order valence-corrected chi connectivity index (χ4v) is 2.64. The van der Waals surface area contributed by atoms with E-state index in [0.29, 0.717) is 23.8 Å². The zero-order chi connectivity index (χ0) is 14.6. The van der Waals surface area contributed by atoms with Crippen LogP contribution in [0.5, 0.6) is 0 Å². The molecule has 0 aliphatic rings. The summed E-state index contributed by atoms with van der Waals surface area (Å²) in [6.07, 6.45) is -4.36. The van der Waals surface area contributed by atoms with Crippen molar-refractivity contribution in [3.05, 3.63) is 11.1 Å². The number of alkyl halides is 3. The van der Waals surface area contributed by atoms with E-state index in [4.69, 9.17) is 0 Å². The summed E-state index contributed by atoms with van der Waals surface area (Å²) in [5, 5.41) is 4.30. The van der Waals surface area contributed by atoms with Crippen molar-refractivity contribution < 1.29 is 13.2 Å². The van der Waals surface area contributed by atoms with Gasteiger partial charge in [0.1, 0.15) is 0 Å². The van der Waals surface area contributed by atoms with Crippen molar-refractivity contribution >= 4 is 16.5 Å². The van der Waals surface area contributed by atoms with Crippen LogP contribution in [0, 0.1) is 0 Å². The molecule has 110 valence electrons. The minimum atomic E-state index is -4.36. The highest BCUT2D eigenvalue weighted by atomic mass is 32.1. The van der Waals surface area contributed by atoms with Crippen LogP contribution >= 0.6 is 11.3 Å². The molecule has 0 aliphatic carbocycles. The Morgan fingerprint density at radius 2 is 1.84 bits per heavy atom. The van der Waals surface area contributed by atoms with Gasteiger partial charge >= 0.3 is 6.18 Å². The average molecular weight is 295 g/mol. The molecule has 0 fully saturated rings. The van der Waals surface area contributed by atoms with Crippen LogP contribution in [-0.2, 0) is 6.18 Å². The van der Waals surface area contributed by atoms with Crippen molar-refractivity contribution in [2.24, 2.45) is 0 Å². The van der Waals surface area contributed by atoms with Crippen LogP contribution in [-0.4, -0.2) is 35.1 Å². The van der Waals surface area contributed by atoms with E-state index in [9.17, 15) is 13.2 Å². The molecule has 0 aromatic carbocycles. The molecule has 0 radical (unpaired) electrons. The van der Waals surface area contributed by atoms with E-state index >= 15 is 0 Å². The molecule has 0 unspecified atom stereocenters. The van der Waals surface area contributed by atoms with Crippen molar-refractivity contribution in [1.82, 2.24) is 9.88 Å². The SMILES string of the molecule is CC(C)N(CCNc1nc(C(F)(F)F)cs1)C(C)C. The van der Waals surface area contributed by atoms with Crippen molar-refractivity contribution in [3.8, 4) is 0 Å². The number of nitrogens with one attached hydrogen (secondary N) is 1. The van der Waals surface area contributed by atoms with Crippen molar-refractivity contribution in [3.63, 3.8) is 0 Å². The van der Waals surface area contributed by atoms with E-state index < -0.39 is 11.9 Å². The molecule has 3 nitrogen and oxygen atoms in total. The zero-order valence-corrected chi connectivity index (χ0v) is 12.4. The monoisotopic (exact) mass is 295 g/mol. The Morgan fingerprint density at radius 3 is 2.26 bits per heavy atom. The predicted molar refractivity (Wildman–Crippen MR) is 72.6 cm³/mol. The number of anilines is 1. The predicted octanol–water partition coefficient (Wildman–Crippen LogP) is 3.69. The van der Waals surface area contributed by atoms with E-state index in [-0.39, 0.29) is 0 Å². The highest BCUT2D eigenvalue weighted by molar-refractivity contribution is 7.13. The van der Waals surface area contributed by atoms with Crippen molar-refractivity contribution in [2.75, 3.05) is 18.4 Å². The highest BCUT2D eigenvalue weighted by Crippen LogP contribution is 2.31. The van der Waals surface area contributed by atoms with Crippen LogP contribution in [0.4, 0.5) is 18.3 Å². The molecule has 0 amide bonds.